The Bertz CT molecular complexity index is 363. The Balaban J connectivity index is 1.75. The molecule has 18 heavy (non-hydrogen) atoms. The fraction of sp³-hybridized carbons (Fsp3) is 1.00. The molecule has 4 rings (SSSR count). The molecule has 0 radical (unpaired) electrons. The van der Waals surface area contributed by atoms with E-state index in [1.54, 1.807) is 0 Å². The van der Waals surface area contributed by atoms with Gasteiger partial charge in [-0.3, -0.25) is 0 Å². The summed E-state index contributed by atoms with van der Waals surface area (Å²) in [6, 6.07) is 0. The van der Waals surface area contributed by atoms with Gasteiger partial charge in [0.05, 0.1) is 19.3 Å². The van der Waals surface area contributed by atoms with Gasteiger partial charge in [-0.1, -0.05) is 13.3 Å². The van der Waals surface area contributed by atoms with E-state index in [2.05, 4.69) is 6.92 Å². The molecule has 3 saturated carbocycles. The first-order valence-electron chi connectivity index (χ1n) is 7.56. The summed E-state index contributed by atoms with van der Waals surface area (Å²) in [4.78, 5) is 0. The van der Waals surface area contributed by atoms with E-state index in [-0.39, 0.29) is 22.7 Å². The highest BCUT2D eigenvalue weighted by atomic mass is 16.7. The van der Waals surface area contributed by atoms with E-state index in [0.717, 1.165) is 38.9 Å². The molecular formula is C15H24O3. The van der Waals surface area contributed by atoms with Crippen molar-refractivity contribution in [1.29, 1.82) is 0 Å². The lowest BCUT2D eigenvalue weighted by molar-refractivity contribution is -0.273. The number of hydrogen-bond donors (Lipinski definition) is 1. The first kappa shape index (κ1) is 11.7. The van der Waals surface area contributed by atoms with Gasteiger partial charge in [0.2, 0.25) is 0 Å². The molecule has 4 atom stereocenters. The zero-order valence-electron chi connectivity index (χ0n) is 11.3. The van der Waals surface area contributed by atoms with Crippen LogP contribution in [0.25, 0.3) is 0 Å². The summed E-state index contributed by atoms with van der Waals surface area (Å²) in [7, 11) is 0. The fourth-order valence-electron chi connectivity index (χ4n) is 5.57. The molecule has 2 bridgehead atoms. The van der Waals surface area contributed by atoms with E-state index in [1.807, 2.05) is 0 Å². The van der Waals surface area contributed by atoms with Crippen LogP contribution in [-0.4, -0.2) is 30.2 Å². The van der Waals surface area contributed by atoms with Gasteiger partial charge >= 0.3 is 0 Å². The van der Waals surface area contributed by atoms with E-state index in [9.17, 15) is 5.11 Å². The SMILES string of the molecule is C[C@]12CC[C@]3(C1)[C@@H](CCC[C@@H]3O)CC21OCCO1. The summed E-state index contributed by atoms with van der Waals surface area (Å²) in [5, 5.41) is 10.5. The molecule has 3 nitrogen and oxygen atoms in total. The van der Waals surface area contributed by atoms with Crippen LogP contribution in [0.1, 0.15) is 51.9 Å². The molecule has 102 valence electrons. The summed E-state index contributed by atoms with van der Waals surface area (Å²) in [6.07, 6.45) is 7.77. The van der Waals surface area contributed by atoms with Crippen LogP contribution in [0.3, 0.4) is 0 Å². The van der Waals surface area contributed by atoms with Crippen LogP contribution in [0, 0.1) is 16.7 Å². The van der Waals surface area contributed by atoms with Gasteiger partial charge in [-0.05, 0) is 38.0 Å². The largest absolute Gasteiger partial charge is 0.393 e. The van der Waals surface area contributed by atoms with E-state index in [0.29, 0.717) is 5.92 Å². The Kier molecular flexibility index (Phi) is 2.27. The molecule has 1 N–H and O–H groups in total. The van der Waals surface area contributed by atoms with E-state index in [1.165, 1.54) is 19.3 Å². The zero-order valence-corrected chi connectivity index (χ0v) is 11.3. The van der Waals surface area contributed by atoms with Gasteiger partial charge in [-0.15, -0.1) is 0 Å². The van der Waals surface area contributed by atoms with Crippen molar-refractivity contribution in [1.82, 2.24) is 0 Å². The van der Waals surface area contributed by atoms with Gasteiger partial charge in [0.1, 0.15) is 0 Å². The van der Waals surface area contributed by atoms with Crippen molar-refractivity contribution in [2.45, 2.75) is 63.8 Å². The second kappa shape index (κ2) is 3.50. The minimum atomic E-state index is -0.325. The quantitative estimate of drug-likeness (QED) is 0.720. The third-order valence-corrected chi connectivity index (χ3v) is 6.56. The van der Waals surface area contributed by atoms with Crippen molar-refractivity contribution in [3.05, 3.63) is 0 Å². The van der Waals surface area contributed by atoms with E-state index < -0.39 is 0 Å². The van der Waals surface area contributed by atoms with Gasteiger partial charge in [0.25, 0.3) is 0 Å². The van der Waals surface area contributed by atoms with Gasteiger partial charge in [0, 0.05) is 17.3 Å². The highest BCUT2D eigenvalue weighted by Gasteiger charge is 2.68. The number of aliphatic hydroxyl groups is 1. The lowest BCUT2D eigenvalue weighted by atomic mass is 9.55. The average molecular weight is 252 g/mol. The first-order valence-corrected chi connectivity index (χ1v) is 7.56. The lowest BCUT2D eigenvalue weighted by Gasteiger charge is -2.55. The summed E-state index contributed by atoms with van der Waals surface area (Å²) >= 11 is 0. The first-order chi connectivity index (χ1) is 8.60. The molecule has 0 amide bonds. The van der Waals surface area contributed by atoms with Crippen molar-refractivity contribution in [2.24, 2.45) is 16.7 Å². The Morgan fingerprint density at radius 2 is 1.89 bits per heavy atom. The average Bonchev–Trinajstić information content (AvgIpc) is 2.91. The molecule has 1 saturated heterocycles. The van der Waals surface area contributed by atoms with Crippen molar-refractivity contribution in [2.75, 3.05) is 13.2 Å². The van der Waals surface area contributed by atoms with E-state index >= 15 is 0 Å². The molecule has 0 aromatic carbocycles. The van der Waals surface area contributed by atoms with Gasteiger partial charge < -0.3 is 14.6 Å². The molecule has 0 aromatic rings. The maximum Gasteiger partial charge on any atom is 0.174 e. The normalized spacial score (nSPS) is 53.7. The second-order valence-electron chi connectivity index (χ2n) is 7.27. The summed E-state index contributed by atoms with van der Waals surface area (Å²) in [5.74, 6) is 0.282. The van der Waals surface area contributed by atoms with Gasteiger partial charge in [-0.25, -0.2) is 0 Å². The molecule has 4 fully saturated rings. The highest BCUT2D eigenvalue weighted by Crippen LogP contribution is 2.69. The van der Waals surface area contributed by atoms with Crippen molar-refractivity contribution in [3.63, 3.8) is 0 Å². The Labute approximate surface area is 109 Å². The third-order valence-electron chi connectivity index (χ3n) is 6.56. The predicted molar refractivity (Wildman–Crippen MR) is 67.0 cm³/mol. The van der Waals surface area contributed by atoms with Crippen molar-refractivity contribution in [3.8, 4) is 0 Å². The molecule has 0 aromatic heterocycles. The molecule has 0 unspecified atom stereocenters. The molecule has 2 spiro atoms. The number of hydrogen-bond acceptors (Lipinski definition) is 3. The molecule has 3 heteroatoms. The number of aliphatic hydroxyl groups excluding tert-OH is 1. The Morgan fingerprint density at radius 3 is 2.67 bits per heavy atom. The number of fused-ring (bicyclic) bond motifs is 2. The van der Waals surface area contributed by atoms with Crippen LogP contribution in [-0.2, 0) is 9.47 Å². The van der Waals surface area contributed by atoms with Crippen LogP contribution in [0.2, 0.25) is 0 Å². The lowest BCUT2D eigenvalue weighted by Crippen LogP contribution is -2.57. The number of rotatable bonds is 0. The van der Waals surface area contributed by atoms with Crippen LogP contribution in [0.4, 0.5) is 0 Å². The standard InChI is InChI=1S/C15H24O3/c1-13-5-6-14(10-13)11(3-2-4-12(14)16)9-15(13)17-7-8-18-15/h11-12,16H,2-10H2,1H3/t11-,12-,13-,14-/m0/s1. The smallest absolute Gasteiger partial charge is 0.174 e. The molecule has 1 heterocycles. The minimum absolute atomic E-state index is 0.0863. The minimum Gasteiger partial charge on any atom is -0.393 e. The molecular weight excluding hydrogens is 228 g/mol. The maximum absolute atomic E-state index is 10.5. The monoisotopic (exact) mass is 252 g/mol. The predicted octanol–water partition coefficient (Wildman–Crippen LogP) is 2.47. The Morgan fingerprint density at radius 1 is 1.11 bits per heavy atom. The Hall–Kier alpha value is -0.120. The molecule has 1 aliphatic heterocycles. The van der Waals surface area contributed by atoms with Crippen LogP contribution >= 0.6 is 0 Å². The van der Waals surface area contributed by atoms with Crippen LogP contribution in [0.15, 0.2) is 0 Å². The second-order valence-corrected chi connectivity index (χ2v) is 7.27. The highest BCUT2D eigenvalue weighted by molar-refractivity contribution is 5.14. The molecule has 4 aliphatic rings. The maximum atomic E-state index is 10.5. The summed E-state index contributed by atoms with van der Waals surface area (Å²) in [6.45, 7) is 3.82. The zero-order chi connectivity index (χ0) is 12.4. The summed E-state index contributed by atoms with van der Waals surface area (Å²) in [5.41, 5.74) is 0.311. The fourth-order valence-corrected chi connectivity index (χ4v) is 5.57. The summed E-state index contributed by atoms with van der Waals surface area (Å²) < 4.78 is 12.2. The van der Waals surface area contributed by atoms with Gasteiger partial charge in [-0.2, -0.15) is 0 Å². The number of ether oxygens (including phenoxy) is 2. The third kappa shape index (κ3) is 1.21. The van der Waals surface area contributed by atoms with Crippen molar-refractivity contribution < 1.29 is 14.6 Å². The van der Waals surface area contributed by atoms with Crippen LogP contribution in [0.5, 0.6) is 0 Å². The van der Waals surface area contributed by atoms with Gasteiger partial charge in [0.15, 0.2) is 5.79 Å². The topological polar surface area (TPSA) is 38.7 Å². The molecule has 3 aliphatic carbocycles. The van der Waals surface area contributed by atoms with Crippen molar-refractivity contribution >= 4 is 0 Å². The van der Waals surface area contributed by atoms with Crippen LogP contribution < -0.4 is 0 Å². The van der Waals surface area contributed by atoms with E-state index in [4.69, 9.17) is 9.47 Å².